The molecule has 10 nitrogen and oxygen atoms in total. The van der Waals surface area contributed by atoms with E-state index in [-0.39, 0.29) is 48.7 Å². The number of ether oxygens (including phenoxy) is 6. The average molecular weight is 515 g/mol. The van der Waals surface area contributed by atoms with Gasteiger partial charge >= 0.3 is 17.9 Å². The molecule has 3 aliphatic rings. The second-order valence-electron chi connectivity index (χ2n) is 9.45. The fraction of sp³-hybridized carbons (Fsp3) is 0.481. The van der Waals surface area contributed by atoms with E-state index in [1.807, 2.05) is 13.8 Å². The molecule has 198 valence electrons. The molecule has 0 saturated heterocycles. The first-order valence-electron chi connectivity index (χ1n) is 12.0. The Balaban J connectivity index is 2.08. The Morgan fingerprint density at radius 3 is 2.41 bits per heavy atom. The molecule has 1 aromatic rings. The van der Waals surface area contributed by atoms with E-state index in [9.17, 15) is 19.2 Å². The van der Waals surface area contributed by atoms with Crippen molar-refractivity contribution in [2.75, 3.05) is 27.6 Å². The molecule has 1 aliphatic carbocycles. The molecule has 0 bridgehead atoms. The molecular weight excluding hydrogens is 484 g/mol. The SMILES string of the molecule is CC=C(C)C(=O)O[C@H]1c2cc3c(c4c2[C@](C(=O)C(=O)OC)(CO4)C(=CC(=O)OC)C[C@@H](C)[C@H]1C)OCO3. The second-order valence-corrected chi connectivity index (χ2v) is 9.45. The molecule has 37 heavy (non-hydrogen) atoms. The van der Waals surface area contributed by atoms with E-state index in [0.717, 1.165) is 7.11 Å². The monoisotopic (exact) mass is 514 g/mol. The van der Waals surface area contributed by atoms with Crippen molar-refractivity contribution in [2.24, 2.45) is 11.8 Å². The first-order valence-corrected chi connectivity index (χ1v) is 12.0. The van der Waals surface area contributed by atoms with Crippen LogP contribution in [-0.4, -0.2) is 51.3 Å². The zero-order chi connectivity index (χ0) is 27.1. The van der Waals surface area contributed by atoms with Crippen LogP contribution in [-0.2, 0) is 38.8 Å². The molecular formula is C27H30O10. The van der Waals surface area contributed by atoms with E-state index < -0.39 is 35.2 Å². The van der Waals surface area contributed by atoms with Crippen LogP contribution >= 0.6 is 0 Å². The van der Waals surface area contributed by atoms with Crippen molar-refractivity contribution >= 4 is 23.7 Å². The van der Waals surface area contributed by atoms with Gasteiger partial charge in [-0.25, -0.2) is 14.4 Å². The number of ketones is 1. The number of hydrogen-bond donors (Lipinski definition) is 0. The van der Waals surface area contributed by atoms with Gasteiger partial charge in [0.2, 0.25) is 12.5 Å². The lowest BCUT2D eigenvalue weighted by Crippen LogP contribution is -2.47. The van der Waals surface area contributed by atoms with Crippen LogP contribution in [0.2, 0.25) is 0 Å². The van der Waals surface area contributed by atoms with Crippen LogP contribution in [0, 0.1) is 11.8 Å². The highest BCUT2D eigenvalue weighted by atomic mass is 16.7. The first kappa shape index (κ1) is 26.2. The maximum atomic E-state index is 13.9. The van der Waals surface area contributed by atoms with Gasteiger partial charge in [0.05, 0.1) is 14.2 Å². The lowest BCUT2D eigenvalue weighted by atomic mass is 9.63. The van der Waals surface area contributed by atoms with Crippen LogP contribution in [0.1, 0.15) is 51.3 Å². The number of hydrogen-bond acceptors (Lipinski definition) is 10. The van der Waals surface area contributed by atoms with Gasteiger partial charge in [-0.1, -0.05) is 19.9 Å². The third-order valence-corrected chi connectivity index (χ3v) is 7.52. The van der Waals surface area contributed by atoms with Crippen molar-refractivity contribution < 1.29 is 47.6 Å². The standard InChI is InChI=1S/C27H30O10/c1-7-13(2)25(30)37-21-15(4)14(3)8-16(9-19(28)32-5)27(24(29)26(31)33-6)11-34-23-20(27)17(21)10-18-22(23)36-12-35-18/h7,9-10,14-15,21H,8,11-12H2,1-6H3/t14-,15-,21-,27+/m1/s1. The van der Waals surface area contributed by atoms with Gasteiger partial charge in [0, 0.05) is 28.7 Å². The Morgan fingerprint density at radius 1 is 1.03 bits per heavy atom. The van der Waals surface area contributed by atoms with Crippen LogP contribution < -0.4 is 14.2 Å². The summed E-state index contributed by atoms with van der Waals surface area (Å²) in [7, 11) is 2.33. The van der Waals surface area contributed by atoms with Crippen molar-refractivity contribution in [2.45, 2.75) is 45.6 Å². The quantitative estimate of drug-likeness (QED) is 0.251. The summed E-state index contributed by atoms with van der Waals surface area (Å²) in [5.74, 6) is -2.87. The summed E-state index contributed by atoms with van der Waals surface area (Å²) in [4.78, 5) is 52.0. The maximum absolute atomic E-state index is 13.9. The summed E-state index contributed by atoms with van der Waals surface area (Å²) >= 11 is 0. The van der Waals surface area contributed by atoms with Crippen LogP contribution in [0.25, 0.3) is 0 Å². The predicted molar refractivity (Wildman–Crippen MR) is 128 cm³/mol. The molecule has 2 aliphatic heterocycles. The molecule has 2 heterocycles. The van der Waals surface area contributed by atoms with Crippen molar-refractivity contribution in [3.05, 3.63) is 40.5 Å². The number of benzene rings is 1. The first-order chi connectivity index (χ1) is 17.6. The van der Waals surface area contributed by atoms with Crippen molar-refractivity contribution in [1.82, 2.24) is 0 Å². The molecule has 0 spiro atoms. The number of allylic oxidation sites excluding steroid dienone is 1. The minimum absolute atomic E-state index is 0.0779. The summed E-state index contributed by atoms with van der Waals surface area (Å²) < 4.78 is 33.1. The van der Waals surface area contributed by atoms with Gasteiger partial charge in [0.1, 0.15) is 18.1 Å². The number of carbonyl (C=O) groups excluding carboxylic acids is 4. The van der Waals surface area contributed by atoms with E-state index in [4.69, 9.17) is 28.4 Å². The number of rotatable bonds is 5. The third-order valence-electron chi connectivity index (χ3n) is 7.52. The normalized spacial score (nSPS) is 26.9. The molecule has 0 amide bonds. The van der Waals surface area contributed by atoms with E-state index >= 15 is 0 Å². The highest BCUT2D eigenvalue weighted by Gasteiger charge is 2.58. The molecule has 0 fully saturated rings. The van der Waals surface area contributed by atoms with Crippen molar-refractivity contribution in [1.29, 1.82) is 0 Å². The van der Waals surface area contributed by atoms with Gasteiger partial charge in [0.15, 0.2) is 11.5 Å². The summed E-state index contributed by atoms with van der Waals surface area (Å²) in [6.45, 7) is 6.86. The van der Waals surface area contributed by atoms with Gasteiger partial charge in [-0.15, -0.1) is 0 Å². The van der Waals surface area contributed by atoms with Crippen LogP contribution in [0.4, 0.5) is 0 Å². The topological polar surface area (TPSA) is 124 Å². The zero-order valence-electron chi connectivity index (χ0n) is 21.7. The van der Waals surface area contributed by atoms with Gasteiger partial charge in [0.25, 0.3) is 5.78 Å². The fourth-order valence-electron chi connectivity index (χ4n) is 5.10. The van der Waals surface area contributed by atoms with E-state index in [2.05, 4.69) is 0 Å². The molecule has 0 aromatic heterocycles. The largest absolute Gasteiger partial charge is 0.487 e. The smallest absolute Gasteiger partial charge is 0.375 e. The van der Waals surface area contributed by atoms with Crippen LogP contribution in [0.5, 0.6) is 17.2 Å². The van der Waals surface area contributed by atoms with E-state index in [1.165, 1.54) is 13.2 Å². The van der Waals surface area contributed by atoms with Gasteiger partial charge < -0.3 is 28.4 Å². The van der Waals surface area contributed by atoms with Gasteiger partial charge in [-0.05, 0) is 37.8 Å². The molecule has 4 rings (SSSR count). The van der Waals surface area contributed by atoms with E-state index in [0.29, 0.717) is 22.5 Å². The Morgan fingerprint density at radius 2 is 1.76 bits per heavy atom. The Kier molecular flexibility index (Phi) is 7.03. The molecule has 1 aromatic carbocycles. The second kappa shape index (κ2) is 9.91. The summed E-state index contributed by atoms with van der Waals surface area (Å²) in [6.07, 6.45) is 2.26. The minimum Gasteiger partial charge on any atom is -0.487 e. The number of fused-ring (bicyclic) bond motifs is 2. The van der Waals surface area contributed by atoms with Gasteiger partial charge in [-0.3, -0.25) is 4.79 Å². The number of carbonyl (C=O) groups is 4. The number of esters is 3. The molecule has 0 unspecified atom stereocenters. The Bertz CT molecular complexity index is 1230. The molecule has 0 N–H and O–H groups in total. The summed E-state index contributed by atoms with van der Waals surface area (Å²) in [6, 6.07) is 1.66. The lowest BCUT2D eigenvalue weighted by molar-refractivity contribution is -0.154. The third kappa shape index (κ3) is 4.14. The van der Waals surface area contributed by atoms with Crippen molar-refractivity contribution in [3.63, 3.8) is 0 Å². The average Bonchev–Trinajstić information content (AvgIpc) is 3.53. The fourth-order valence-corrected chi connectivity index (χ4v) is 5.10. The summed E-state index contributed by atoms with van der Waals surface area (Å²) in [5, 5.41) is 0. The van der Waals surface area contributed by atoms with Crippen molar-refractivity contribution in [3.8, 4) is 17.2 Å². The predicted octanol–water partition coefficient (Wildman–Crippen LogP) is 3.11. The number of Topliss-reactive ketones (excluding diaryl/α,β-unsaturated/α-hetero) is 1. The zero-order valence-corrected chi connectivity index (χ0v) is 21.7. The Labute approximate surface area is 214 Å². The van der Waals surface area contributed by atoms with Gasteiger partial charge in [-0.2, -0.15) is 0 Å². The molecule has 0 saturated carbocycles. The van der Waals surface area contributed by atoms with E-state index in [1.54, 1.807) is 26.0 Å². The highest BCUT2D eigenvalue weighted by Crippen LogP contribution is 2.59. The maximum Gasteiger partial charge on any atom is 0.375 e. The minimum atomic E-state index is -1.73. The van der Waals surface area contributed by atoms with Crippen LogP contribution in [0.15, 0.2) is 29.4 Å². The molecule has 0 radical (unpaired) electrons. The molecule has 4 atom stereocenters. The number of methoxy groups -OCH3 is 2. The van der Waals surface area contributed by atoms with Crippen LogP contribution in [0.3, 0.4) is 0 Å². The Hall–Kier alpha value is -3.82. The lowest BCUT2D eigenvalue weighted by Gasteiger charge is -2.39. The summed E-state index contributed by atoms with van der Waals surface area (Å²) in [5.41, 5.74) is -0.263. The highest BCUT2D eigenvalue weighted by molar-refractivity contribution is 6.38. The molecule has 10 heteroatoms.